The van der Waals surface area contributed by atoms with Crippen molar-refractivity contribution in [3.63, 3.8) is 0 Å². The van der Waals surface area contributed by atoms with Crippen molar-refractivity contribution in [2.24, 2.45) is 11.8 Å². The van der Waals surface area contributed by atoms with Gasteiger partial charge in [0.05, 0.1) is 32.8 Å². The number of rotatable bonds is 11. The Balaban J connectivity index is 1.25. The monoisotopic (exact) mass is 543 g/mol. The first-order valence-electron chi connectivity index (χ1n) is 13.4. The molecule has 35 heavy (non-hydrogen) atoms. The Hall–Kier alpha value is -1.47. The van der Waals surface area contributed by atoms with Crippen LogP contribution in [-0.4, -0.2) is 60.5 Å². The lowest BCUT2D eigenvalue weighted by molar-refractivity contribution is -0.955. The number of piperidine rings is 3. The van der Waals surface area contributed by atoms with Crippen molar-refractivity contribution in [3.05, 3.63) is 60.4 Å². The maximum Gasteiger partial charge on any atom is 0.171 e. The van der Waals surface area contributed by atoms with E-state index in [0.717, 1.165) is 35.4 Å². The second-order valence-corrected chi connectivity index (χ2v) is 11.6. The number of para-hydroxylation sites is 1. The van der Waals surface area contributed by atoms with Crippen molar-refractivity contribution < 1.29 is 18.7 Å². The highest BCUT2D eigenvalue weighted by atomic mass is 79.9. The number of pyridine rings is 1. The molecule has 1 unspecified atom stereocenters. The lowest BCUT2D eigenvalue weighted by atomic mass is 9.80. The number of ether oxygens (including phenoxy) is 3. The third-order valence-electron chi connectivity index (χ3n) is 8.93. The number of methoxy groups -OCH3 is 1. The molecule has 0 spiro atoms. The van der Waals surface area contributed by atoms with Gasteiger partial charge in [-0.25, -0.2) is 0 Å². The predicted molar refractivity (Wildman–Crippen MR) is 141 cm³/mol. The molecule has 4 fully saturated rings. The van der Waals surface area contributed by atoms with Gasteiger partial charge in [0.1, 0.15) is 17.5 Å². The van der Waals surface area contributed by atoms with Crippen LogP contribution in [-0.2, 0) is 15.1 Å². The van der Waals surface area contributed by atoms with Gasteiger partial charge in [0.25, 0.3) is 0 Å². The lowest BCUT2D eigenvalue weighted by Gasteiger charge is -2.56. The van der Waals surface area contributed by atoms with Gasteiger partial charge < -0.3 is 18.7 Å². The molecular formula is C29H40BrN2O3+. The predicted octanol–water partition coefficient (Wildman–Crippen LogP) is 5.93. The zero-order chi connectivity index (χ0) is 24.1. The Morgan fingerprint density at radius 3 is 2.49 bits per heavy atom. The zero-order valence-electron chi connectivity index (χ0n) is 21.0. The third-order valence-corrected chi connectivity index (χ3v) is 10.3. The van der Waals surface area contributed by atoms with Crippen molar-refractivity contribution in [1.82, 2.24) is 4.98 Å². The Morgan fingerprint density at radius 2 is 1.80 bits per heavy atom. The van der Waals surface area contributed by atoms with E-state index in [9.17, 15) is 0 Å². The molecule has 4 heterocycles. The number of halogens is 1. The van der Waals surface area contributed by atoms with Gasteiger partial charge in [-0.3, -0.25) is 4.98 Å². The van der Waals surface area contributed by atoms with Crippen molar-refractivity contribution >= 4 is 15.9 Å². The molecule has 5 nitrogen and oxygen atoms in total. The summed E-state index contributed by atoms with van der Waals surface area (Å²) in [6.07, 6.45) is 12.5. The summed E-state index contributed by atoms with van der Waals surface area (Å²) in [5.74, 6) is 2.05. The van der Waals surface area contributed by atoms with E-state index in [1.807, 2.05) is 55.9 Å². The molecule has 6 heteroatoms. The minimum atomic E-state index is -0.419. The molecule has 4 aliphatic rings. The number of alkyl halides is 1. The fraction of sp³-hybridized carbons (Fsp3) is 0.621. The molecule has 0 amide bonds. The normalized spacial score (nSPS) is 30.3. The van der Waals surface area contributed by atoms with Gasteiger partial charge in [0, 0.05) is 50.2 Å². The summed E-state index contributed by atoms with van der Waals surface area (Å²) in [5.41, 5.74) is 0.737. The first kappa shape index (κ1) is 25.2. The van der Waals surface area contributed by atoms with Crippen molar-refractivity contribution in [2.75, 3.05) is 40.0 Å². The van der Waals surface area contributed by atoms with E-state index >= 15 is 0 Å². The number of hydrogen-bond donors (Lipinski definition) is 0. The molecule has 3 aliphatic heterocycles. The highest BCUT2D eigenvalue weighted by molar-refractivity contribution is 9.09. The molecule has 2 bridgehead atoms. The van der Waals surface area contributed by atoms with Gasteiger partial charge in [-0.15, -0.1) is 0 Å². The lowest BCUT2D eigenvalue weighted by Crippen LogP contribution is -2.68. The van der Waals surface area contributed by atoms with E-state index < -0.39 is 5.60 Å². The minimum Gasteiger partial charge on any atom is -0.493 e. The van der Waals surface area contributed by atoms with Crippen LogP contribution in [0.3, 0.4) is 0 Å². The second-order valence-electron chi connectivity index (χ2n) is 10.7. The van der Waals surface area contributed by atoms with Crippen LogP contribution in [0.15, 0.2) is 54.9 Å². The summed E-state index contributed by atoms with van der Waals surface area (Å²) >= 11 is 4.15. The maximum atomic E-state index is 6.91. The molecule has 1 saturated carbocycles. The Labute approximate surface area is 218 Å². The van der Waals surface area contributed by atoms with Gasteiger partial charge in [0.2, 0.25) is 0 Å². The molecule has 1 aliphatic carbocycles. The number of quaternary nitrogens is 1. The average molecular weight is 545 g/mol. The van der Waals surface area contributed by atoms with Crippen molar-refractivity contribution in [2.45, 2.75) is 61.6 Å². The Morgan fingerprint density at radius 1 is 1.03 bits per heavy atom. The van der Waals surface area contributed by atoms with Gasteiger partial charge in [-0.2, -0.15) is 0 Å². The number of fused-ring (bicyclic) bond motifs is 3. The van der Waals surface area contributed by atoms with Crippen LogP contribution >= 0.6 is 15.9 Å². The second kappa shape index (κ2) is 11.3. The largest absolute Gasteiger partial charge is 0.493 e. The van der Waals surface area contributed by atoms with E-state index in [4.69, 9.17) is 14.2 Å². The highest BCUT2D eigenvalue weighted by Crippen LogP contribution is 2.46. The molecule has 0 N–H and O–H groups in total. The first-order valence-corrected chi connectivity index (χ1v) is 14.3. The fourth-order valence-corrected chi connectivity index (χ4v) is 8.07. The van der Waals surface area contributed by atoms with Crippen LogP contribution in [0.4, 0.5) is 0 Å². The van der Waals surface area contributed by atoms with E-state index in [-0.39, 0.29) is 6.10 Å². The molecule has 1 aromatic carbocycles. The summed E-state index contributed by atoms with van der Waals surface area (Å²) in [4.78, 5) is 4.75. The summed E-state index contributed by atoms with van der Waals surface area (Å²) in [6, 6.07) is 14.3. The summed E-state index contributed by atoms with van der Waals surface area (Å²) < 4.78 is 20.4. The molecule has 190 valence electrons. The van der Waals surface area contributed by atoms with Gasteiger partial charge in [-0.1, -0.05) is 37.1 Å². The van der Waals surface area contributed by atoms with E-state index in [1.165, 1.54) is 51.6 Å². The molecular weight excluding hydrogens is 504 g/mol. The van der Waals surface area contributed by atoms with Crippen molar-refractivity contribution in [3.8, 4) is 5.75 Å². The number of nitrogens with zero attached hydrogens (tertiary/aromatic N) is 2. The van der Waals surface area contributed by atoms with Gasteiger partial charge in [0.15, 0.2) is 4.95 Å². The summed E-state index contributed by atoms with van der Waals surface area (Å²) in [7, 11) is 1.86. The molecule has 3 saturated heterocycles. The van der Waals surface area contributed by atoms with Gasteiger partial charge in [-0.05, 0) is 52.9 Å². The maximum absolute atomic E-state index is 6.91. The summed E-state index contributed by atoms with van der Waals surface area (Å²) in [6.45, 7) is 4.93. The SMILES string of the molecule is COC(CO[C@@H]1C2CC[N+](CCCOc3ccccc3)(CC2)[C@@H]1Br)(c1cccnc1)C1CCCC1. The number of benzene rings is 1. The summed E-state index contributed by atoms with van der Waals surface area (Å²) in [5, 5.41) is 0. The van der Waals surface area contributed by atoms with Crippen LogP contribution in [0, 0.1) is 11.8 Å². The Bertz CT molecular complexity index is 916. The van der Waals surface area contributed by atoms with E-state index in [2.05, 4.69) is 27.0 Å². The highest BCUT2D eigenvalue weighted by Gasteiger charge is 2.54. The topological polar surface area (TPSA) is 40.6 Å². The zero-order valence-corrected chi connectivity index (χ0v) is 22.6. The number of hydrogen-bond acceptors (Lipinski definition) is 4. The minimum absolute atomic E-state index is 0.208. The fourth-order valence-electron chi connectivity index (χ4n) is 6.87. The standard InChI is InChI=1S/C29H40BrN2O3/c1-33-29(24-9-5-6-10-24,25-11-7-16-31-21-25)22-35-27-23-14-18-32(19-15-23,28(27)30)17-8-20-34-26-12-3-2-4-13-26/h2-4,7,11-13,16,21,23-24,27-28H,5-6,8-10,14-15,17-20,22H2,1H3/q+1/t23?,27-,28+,29?,32?/m1/s1. The van der Waals surface area contributed by atoms with E-state index in [1.54, 1.807) is 0 Å². The number of aromatic nitrogens is 1. The average Bonchev–Trinajstić information content (AvgIpc) is 3.46. The Kier molecular flexibility index (Phi) is 8.12. The van der Waals surface area contributed by atoms with Crippen LogP contribution in [0.2, 0.25) is 0 Å². The van der Waals surface area contributed by atoms with E-state index in [0.29, 0.717) is 23.4 Å². The quantitative estimate of drug-likeness (QED) is 0.152. The molecule has 6 rings (SSSR count). The van der Waals surface area contributed by atoms with Crippen LogP contribution < -0.4 is 4.74 Å². The van der Waals surface area contributed by atoms with Gasteiger partial charge >= 0.3 is 0 Å². The third kappa shape index (κ3) is 5.18. The molecule has 0 radical (unpaired) electrons. The molecule has 1 aromatic heterocycles. The molecule has 2 aromatic rings. The first-order chi connectivity index (χ1) is 17.2. The van der Waals surface area contributed by atoms with Crippen LogP contribution in [0.1, 0.15) is 50.5 Å². The van der Waals surface area contributed by atoms with Crippen LogP contribution in [0.25, 0.3) is 0 Å². The van der Waals surface area contributed by atoms with Crippen LogP contribution in [0.5, 0.6) is 5.75 Å². The smallest absolute Gasteiger partial charge is 0.171 e. The van der Waals surface area contributed by atoms with Crippen molar-refractivity contribution in [1.29, 1.82) is 0 Å². The molecule has 3 atom stereocenters.